The topological polar surface area (TPSA) is 65.8 Å². The zero-order valence-electron chi connectivity index (χ0n) is 20.2. The molecule has 0 bridgehead atoms. The van der Waals surface area contributed by atoms with Gasteiger partial charge in [0.15, 0.2) is 0 Å². The van der Waals surface area contributed by atoms with E-state index in [1.807, 2.05) is 10.7 Å². The van der Waals surface area contributed by atoms with Gasteiger partial charge in [-0.25, -0.2) is 9.50 Å². The number of benzene rings is 1. The zero-order valence-corrected chi connectivity index (χ0v) is 21.0. The number of imidazole rings is 1. The van der Waals surface area contributed by atoms with E-state index in [-0.39, 0.29) is 11.8 Å². The number of nitrogens with one attached hydrogen (secondary N) is 1. The van der Waals surface area contributed by atoms with Gasteiger partial charge in [0, 0.05) is 31.1 Å². The number of aryl methyl sites for hydroxylation is 1. The summed E-state index contributed by atoms with van der Waals surface area (Å²) in [7, 11) is 0. The lowest BCUT2D eigenvalue weighted by atomic mass is 9.96. The largest absolute Gasteiger partial charge is 0.356 e. The van der Waals surface area contributed by atoms with Gasteiger partial charge in [0.1, 0.15) is 0 Å². The Morgan fingerprint density at radius 2 is 1.79 bits per heavy atom. The molecule has 0 radical (unpaired) electrons. The molecule has 5 rings (SSSR count). The molecule has 3 aromatic rings. The number of piperidine rings is 1. The summed E-state index contributed by atoms with van der Waals surface area (Å²) >= 11 is 1.63. The second kappa shape index (κ2) is 10.9. The number of aromatic nitrogens is 3. The Balaban J connectivity index is 1.07. The first-order valence-corrected chi connectivity index (χ1v) is 13.7. The average Bonchev–Trinajstić information content (AvgIpc) is 3.32. The number of hydrogen-bond donors (Lipinski definition) is 1. The summed E-state index contributed by atoms with van der Waals surface area (Å²) < 4.78 is 1.89. The Kier molecular flexibility index (Phi) is 7.45. The van der Waals surface area contributed by atoms with Crippen LogP contribution in [0.25, 0.3) is 16.2 Å². The second-order valence-corrected chi connectivity index (χ2v) is 10.7. The molecule has 1 amide bonds. The van der Waals surface area contributed by atoms with Crippen LogP contribution in [0.2, 0.25) is 0 Å². The SMILES string of the molecule is Cc1ccc(-c2cn3nc(N4CCC(C(=O)NCCCN5CCCCCC5)CC4)sc3n2)cc1. The van der Waals surface area contributed by atoms with E-state index in [1.54, 1.807) is 11.3 Å². The maximum atomic E-state index is 12.7. The van der Waals surface area contributed by atoms with Crippen molar-refractivity contribution in [2.45, 2.75) is 51.9 Å². The van der Waals surface area contributed by atoms with Gasteiger partial charge in [-0.15, -0.1) is 5.10 Å². The molecule has 0 spiro atoms. The molecule has 2 fully saturated rings. The summed E-state index contributed by atoms with van der Waals surface area (Å²) in [4.78, 5) is 23.2. The number of amides is 1. The Morgan fingerprint density at radius 3 is 2.50 bits per heavy atom. The maximum absolute atomic E-state index is 12.7. The van der Waals surface area contributed by atoms with Gasteiger partial charge in [-0.3, -0.25) is 4.79 Å². The highest BCUT2D eigenvalue weighted by atomic mass is 32.1. The number of nitrogens with zero attached hydrogens (tertiary/aromatic N) is 5. The predicted molar refractivity (Wildman–Crippen MR) is 139 cm³/mol. The molecule has 2 aliphatic heterocycles. The molecule has 8 heteroatoms. The molecule has 1 N–H and O–H groups in total. The van der Waals surface area contributed by atoms with E-state index >= 15 is 0 Å². The molecule has 7 nitrogen and oxygen atoms in total. The van der Waals surface area contributed by atoms with Crippen LogP contribution in [-0.2, 0) is 4.79 Å². The van der Waals surface area contributed by atoms with Crippen LogP contribution in [0.15, 0.2) is 30.5 Å². The molecule has 182 valence electrons. The van der Waals surface area contributed by atoms with Gasteiger partial charge in [-0.2, -0.15) is 0 Å². The third kappa shape index (κ3) is 5.61. The molecule has 0 atom stereocenters. The first-order valence-electron chi connectivity index (χ1n) is 12.8. The van der Waals surface area contributed by atoms with E-state index in [1.165, 1.54) is 44.3 Å². The van der Waals surface area contributed by atoms with Crippen molar-refractivity contribution in [2.24, 2.45) is 5.92 Å². The van der Waals surface area contributed by atoms with Crippen LogP contribution in [0.4, 0.5) is 5.13 Å². The number of hydrogen-bond acceptors (Lipinski definition) is 6. The minimum Gasteiger partial charge on any atom is -0.356 e. The summed E-state index contributed by atoms with van der Waals surface area (Å²) in [5, 5.41) is 8.96. The highest BCUT2D eigenvalue weighted by Crippen LogP contribution is 2.29. The van der Waals surface area contributed by atoms with Crippen molar-refractivity contribution in [2.75, 3.05) is 44.2 Å². The Bertz CT molecular complexity index is 1040. The predicted octanol–water partition coefficient (Wildman–Crippen LogP) is 4.36. The second-order valence-electron chi connectivity index (χ2n) is 9.77. The van der Waals surface area contributed by atoms with Crippen LogP contribution in [-0.4, -0.2) is 64.7 Å². The molecular formula is C26H36N6OS. The lowest BCUT2D eigenvalue weighted by molar-refractivity contribution is -0.125. The standard InChI is InChI=1S/C26H36N6OS/c1-20-7-9-21(10-8-20)23-19-32-25(28-23)34-26(29-32)31-17-11-22(12-18-31)24(33)27-13-6-16-30-14-4-2-3-5-15-30/h7-10,19,22H,2-6,11-18H2,1H3,(H,27,33). The van der Waals surface area contributed by atoms with Crippen molar-refractivity contribution in [3.63, 3.8) is 0 Å². The van der Waals surface area contributed by atoms with E-state index in [9.17, 15) is 4.79 Å². The summed E-state index contributed by atoms with van der Waals surface area (Å²) in [6.45, 7) is 8.18. The summed E-state index contributed by atoms with van der Waals surface area (Å²) in [6.07, 6.45) is 10.2. The molecule has 1 aromatic carbocycles. The van der Waals surface area contributed by atoms with Gasteiger partial charge >= 0.3 is 0 Å². The molecule has 2 saturated heterocycles. The molecule has 4 heterocycles. The van der Waals surface area contributed by atoms with Crippen LogP contribution in [0.5, 0.6) is 0 Å². The molecule has 2 aliphatic rings. The number of carbonyl (C=O) groups excluding carboxylic acids is 1. The van der Waals surface area contributed by atoms with Gasteiger partial charge in [0.25, 0.3) is 0 Å². The third-order valence-corrected chi connectivity index (χ3v) is 8.15. The summed E-state index contributed by atoms with van der Waals surface area (Å²) in [6, 6.07) is 8.43. The Labute approximate surface area is 206 Å². The zero-order chi connectivity index (χ0) is 23.3. The number of rotatable bonds is 7. The summed E-state index contributed by atoms with van der Waals surface area (Å²) in [5.74, 6) is 0.346. The van der Waals surface area contributed by atoms with Crippen molar-refractivity contribution in [3.8, 4) is 11.3 Å². The van der Waals surface area contributed by atoms with E-state index in [2.05, 4.69) is 46.3 Å². The monoisotopic (exact) mass is 480 g/mol. The van der Waals surface area contributed by atoms with Gasteiger partial charge in [-0.1, -0.05) is 54.0 Å². The molecular weight excluding hydrogens is 444 g/mol. The van der Waals surface area contributed by atoms with Gasteiger partial charge in [0.05, 0.1) is 11.9 Å². The lowest BCUT2D eigenvalue weighted by Gasteiger charge is -2.30. The highest BCUT2D eigenvalue weighted by Gasteiger charge is 2.26. The van der Waals surface area contributed by atoms with Gasteiger partial charge in [0.2, 0.25) is 16.0 Å². The molecule has 0 aliphatic carbocycles. The van der Waals surface area contributed by atoms with Crippen LogP contribution in [0, 0.1) is 12.8 Å². The Hall–Kier alpha value is -2.45. The van der Waals surface area contributed by atoms with Crippen molar-refractivity contribution in [3.05, 3.63) is 36.0 Å². The van der Waals surface area contributed by atoms with E-state index in [0.717, 1.165) is 66.8 Å². The van der Waals surface area contributed by atoms with Crippen molar-refractivity contribution >= 4 is 27.3 Å². The quantitative estimate of drug-likeness (QED) is 0.509. The van der Waals surface area contributed by atoms with Crippen molar-refractivity contribution in [1.82, 2.24) is 24.8 Å². The molecule has 0 unspecified atom stereocenters. The van der Waals surface area contributed by atoms with Crippen LogP contribution in [0.1, 0.15) is 50.5 Å². The minimum atomic E-state index is 0.117. The van der Waals surface area contributed by atoms with Crippen molar-refractivity contribution in [1.29, 1.82) is 0 Å². The van der Waals surface area contributed by atoms with E-state index in [0.29, 0.717) is 0 Å². The fourth-order valence-corrected chi connectivity index (χ4v) is 5.97. The maximum Gasteiger partial charge on any atom is 0.223 e. The van der Waals surface area contributed by atoms with Gasteiger partial charge < -0.3 is 15.1 Å². The van der Waals surface area contributed by atoms with Crippen molar-refractivity contribution < 1.29 is 4.79 Å². The smallest absolute Gasteiger partial charge is 0.223 e. The third-order valence-electron chi connectivity index (χ3n) is 7.17. The van der Waals surface area contributed by atoms with Crippen LogP contribution in [0.3, 0.4) is 0 Å². The van der Waals surface area contributed by atoms with Crippen LogP contribution < -0.4 is 10.2 Å². The number of fused-ring (bicyclic) bond motifs is 1. The molecule has 34 heavy (non-hydrogen) atoms. The number of likely N-dealkylation sites (tertiary alicyclic amines) is 1. The minimum absolute atomic E-state index is 0.117. The average molecular weight is 481 g/mol. The van der Waals surface area contributed by atoms with Gasteiger partial charge in [-0.05, 0) is 58.7 Å². The van der Waals surface area contributed by atoms with Crippen LogP contribution >= 0.6 is 11.3 Å². The fourth-order valence-electron chi connectivity index (χ4n) is 5.03. The normalized spacial score (nSPS) is 18.3. The number of carbonyl (C=O) groups is 1. The first kappa shape index (κ1) is 23.3. The lowest BCUT2D eigenvalue weighted by Crippen LogP contribution is -2.41. The first-order chi connectivity index (χ1) is 16.7. The Morgan fingerprint density at radius 1 is 1.06 bits per heavy atom. The molecule has 0 saturated carbocycles. The number of anilines is 1. The molecule has 2 aromatic heterocycles. The van der Waals surface area contributed by atoms with E-state index < -0.39 is 0 Å². The summed E-state index contributed by atoms with van der Waals surface area (Å²) in [5.41, 5.74) is 3.31. The fraction of sp³-hybridized carbons (Fsp3) is 0.577. The highest BCUT2D eigenvalue weighted by molar-refractivity contribution is 7.20. The van der Waals surface area contributed by atoms with E-state index in [4.69, 9.17) is 10.1 Å².